The first-order valence-corrected chi connectivity index (χ1v) is 12.7. The molecule has 10 nitrogen and oxygen atoms in total. The van der Waals surface area contributed by atoms with Gasteiger partial charge in [-0.25, -0.2) is 15.0 Å². The molecule has 0 unspecified atom stereocenters. The number of hydrogen-bond acceptors (Lipinski definition) is 8. The first-order valence-electron chi connectivity index (χ1n) is 12.7. The molecular formula is C28H25N9O. The average molecular weight is 504 g/mol. The minimum Gasteiger partial charge on any atom is -0.491 e. The highest BCUT2D eigenvalue weighted by Crippen LogP contribution is 2.30. The molecule has 1 aliphatic heterocycles. The van der Waals surface area contributed by atoms with Gasteiger partial charge in [-0.05, 0) is 62.3 Å². The molecule has 0 radical (unpaired) electrons. The van der Waals surface area contributed by atoms with E-state index in [1.807, 2.05) is 42.5 Å². The lowest BCUT2D eigenvalue weighted by molar-refractivity contribution is 0.237. The predicted molar refractivity (Wildman–Crippen MR) is 144 cm³/mol. The highest BCUT2D eigenvalue weighted by atomic mass is 16.5. The number of fused-ring (bicyclic) bond motifs is 2. The molecule has 1 aliphatic rings. The molecule has 2 N–H and O–H groups in total. The van der Waals surface area contributed by atoms with Crippen LogP contribution in [-0.2, 0) is 0 Å². The van der Waals surface area contributed by atoms with E-state index in [-0.39, 0.29) is 0 Å². The Labute approximate surface area is 218 Å². The fraction of sp³-hybridized carbons (Fsp3) is 0.214. The molecule has 6 aromatic rings. The van der Waals surface area contributed by atoms with E-state index in [9.17, 15) is 0 Å². The number of H-pyrrole nitrogens is 2. The summed E-state index contributed by atoms with van der Waals surface area (Å²) in [5.74, 6) is 1.32. The monoisotopic (exact) mass is 503 g/mol. The van der Waals surface area contributed by atoms with Gasteiger partial charge in [0.2, 0.25) is 0 Å². The highest BCUT2D eigenvalue weighted by Gasteiger charge is 2.18. The van der Waals surface area contributed by atoms with E-state index in [0.29, 0.717) is 29.3 Å². The molecule has 1 fully saturated rings. The topological polar surface area (TPSA) is 121 Å². The van der Waals surface area contributed by atoms with Crippen molar-refractivity contribution in [1.29, 1.82) is 0 Å². The lowest BCUT2D eigenvalue weighted by Gasteiger charge is -2.15. The molecule has 7 rings (SSSR count). The van der Waals surface area contributed by atoms with Crippen LogP contribution < -0.4 is 4.74 Å². The number of nitrogens with zero attached hydrogens (tertiary/aromatic N) is 7. The molecule has 0 spiro atoms. The van der Waals surface area contributed by atoms with E-state index in [2.05, 4.69) is 35.0 Å². The van der Waals surface area contributed by atoms with E-state index in [0.717, 1.165) is 58.9 Å². The van der Waals surface area contributed by atoms with Gasteiger partial charge in [0, 0.05) is 36.3 Å². The van der Waals surface area contributed by atoms with Crippen LogP contribution in [0.15, 0.2) is 67.3 Å². The van der Waals surface area contributed by atoms with Crippen molar-refractivity contribution in [2.24, 2.45) is 0 Å². The van der Waals surface area contributed by atoms with Gasteiger partial charge in [-0.3, -0.25) is 20.0 Å². The van der Waals surface area contributed by atoms with Crippen LogP contribution in [0.25, 0.3) is 56.2 Å². The van der Waals surface area contributed by atoms with E-state index in [1.54, 1.807) is 24.8 Å². The van der Waals surface area contributed by atoms with Gasteiger partial charge in [0.05, 0.1) is 28.6 Å². The Kier molecular flexibility index (Phi) is 5.71. The Morgan fingerprint density at radius 2 is 1.87 bits per heavy atom. The van der Waals surface area contributed by atoms with Gasteiger partial charge in [0.1, 0.15) is 17.9 Å². The van der Waals surface area contributed by atoms with Crippen molar-refractivity contribution >= 4 is 22.2 Å². The number of aromatic nitrogens is 8. The molecule has 10 heteroatoms. The number of imidazole rings is 1. The first-order chi connectivity index (χ1) is 18.8. The van der Waals surface area contributed by atoms with Crippen LogP contribution in [0.4, 0.5) is 0 Å². The Balaban J connectivity index is 1.20. The molecule has 6 aromatic heterocycles. The zero-order valence-corrected chi connectivity index (χ0v) is 20.6. The number of likely N-dealkylation sites (tertiary alicyclic amines) is 1. The third-order valence-electron chi connectivity index (χ3n) is 6.85. The fourth-order valence-corrected chi connectivity index (χ4v) is 4.92. The van der Waals surface area contributed by atoms with Crippen LogP contribution >= 0.6 is 0 Å². The van der Waals surface area contributed by atoms with E-state index in [4.69, 9.17) is 14.7 Å². The number of nitrogens with one attached hydrogen (secondary N) is 2. The summed E-state index contributed by atoms with van der Waals surface area (Å²) < 4.78 is 6.00. The zero-order chi connectivity index (χ0) is 25.3. The lowest BCUT2D eigenvalue weighted by Crippen LogP contribution is -2.25. The number of rotatable bonds is 7. The minimum absolute atomic E-state index is 0.587. The SMILES string of the molecule is c1ccc(-c2ccnc3nc(-c4n[nH]c5ccc(-c6cncc(OCCN7CCCC7)c6)nc45)[nH]c23)nc1. The summed E-state index contributed by atoms with van der Waals surface area (Å²) in [6.45, 7) is 3.89. The molecule has 7 heterocycles. The summed E-state index contributed by atoms with van der Waals surface area (Å²) in [5, 5.41) is 7.60. The predicted octanol–water partition coefficient (Wildman–Crippen LogP) is 4.49. The summed E-state index contributed by atoms with van der Waals surface area (Å²) in [5.41, 5.74) is 6.97. The van der Waals surface area contributed by atoms with Crippen molar-refractivity contribution in [2.75, 3.05) is 26.2 Å². The maximum absolute atomic E-state index is 6.00. The largest absolute Gasteiger partial charge is 0.491 e. The van der Waals surface area contributed by atoms with E-state index >= 15 is 0 Å². The van der Waals surface area contributed by atoms with Crippen LogP contribution in [0.2, 0.25) is 0 Å². The molecule has 0 aliphatic carbocycles. The smallest absolute Gasteiger partial charge is 0.178 e. The third kappa shape index (κ3) is 4.24. The van der Waals surface area contributed by atoms with Crippen molar-refractivity contribution in [3.63, 3.8) is 0 Å². The summed E-state index contributed by atoms with van der Waals surface area (Å²) in [4.78, 5) is 28.8. The normalized spacial score (nSPS) is 14.0. The van der Waals surface area contributed by atoms with Gasteiger partial charge in [-0.2, -0.15) is 5.10 Å². The van der Waals surface area contributed by atoms with Crippen LogP contribution in [0.3, 0.4) is 0 Å². The second kappa shape index (κ2) is 9.64. The molecular weight excluding hydrogens is 478 g/mol. The second-order valence-electron chi connectivity index (χ2n) is 9.33. The van der Waals surface area contributed by atoms with Crippen molar-refractivity contribution in [3.8, 4) is 39.8 Å². The summed E-state index contributed by atoms with van der Waals surface area (Å²) in [6.07, 6.45) is 9.60. The number of ether oxygens (including phenoxy) is 1. The third-order valence-corrected chi connectivity index (χ3v) is 6.85. The van der Waals surface area contributed by atoms with Gasteiger partial charge >= 0.3 is 0 Å². The van der Waals surface area contributed by atoms with E-state index in [1.165, 1.54) is 12.8 Å². The van der Waals surface area contributed by atoms with Crippen molar-refractivity contribution < 1.29 is 4.74 Å². The lowest BCUT2D eigenvalue weighted by atomic mass is 10.1. The van der Waals surface area contributed by atoms with E-state index < -0.39 is 0 Å². The summed E-state index contributed by atoms with van der Waals surface area (Å²) in [6, 6.07) is 13.6. The Hall–Kier alpha value is -4.70. The van der Waals surface area contributed by atoms with Crippen LogP contribution in [-0.4, -0.2) is 71.2 Å². The van der Waals surface area contributed by atoms with Crippen molar-refractivity contribution in [3.05, 3.63) is 67.3 Å². The summed E-state index contributed by atoms with van der Waals surface area (Å²) in [7, 11) is 0. The summed E-state index contributed by atoms with van der Waals surface area (Å²) >= 11 is 0. The Morgan fingerprint density at radius 1 is 0.921 bits per heavy atom. The van der Waals surface area contributed by atoms with Crippen molar-refractivity contribution in [2.45, 2.75) is 12.8 Å². The Bertz CT molecular complexity index is 1720. The molecule has 38 heavy (non-hydrogen) atoms. The number of pyridine rings is 4. The molecule has 0 amide bonds. The number of aromatic amines is 2. The Morgan fingerprint density at radius 3 is 2.76 bits per heavy atom. The minimum atomic E-state index is 0.587. The van der Waals surface area contributed by atoms with Crippen LogP contribution in [0.1, 0.15) is 12.8 Å². The second-order valence-corrected chi connectivity index (χ2v) is 9.33. The van der Waals surface area contributed by atoms with Crippen molar-refractivity contribution in [1.82, 2.24) is 45.0 Å². The van der Waals surface area contributed by atoms with Crippen LogP contribution in [0.5, 0.6) is 5.75 Å². The quantitative estimate of drug-likeness (QED) is 0.327. The molecule has 188 valence electrons. The average Bonchev–Trinajstić information content (AvgIpc) is 3.73. The maximum atomic E-state index is 6.00. The fourth-order valence-electron chi connectivity index (χ4n) is 4.92. The maximum Gasteiger partial charge on any atom is 0.178 e. The number of hydrogen-bond donors (Lipinski definition) is 2. The van der Waals surface area contributed by atoms with Gasteiger partial charge < -0.3 is 9.72 Å². The van der Waals surface area contributed by atoms with Gasteiger partial charge in [-0.1, -0.05) is 6.07 Å². The molecule has 0 saturated carbocycles. The van der Waals surface area contributed by atoms with Gasteiger partial charge in [0.15, 0.2) is 17.2 Å². The molecule has 0 bridgehead atoms. The van der Waals surface area contributed by atoms with Gasteiger partial charge in [0.25, 0.3) is 0 Å². The molecule has 1 saturated heterocycles. The van der Waals surface area contributed by atoms with Crippen LogP contribution in [0, 0.1) is 0 Å². The molecule has 0 atom stereocenters. The molecule has 0 aromatic carbocycles. The first kappa shape index (κ1) is 22.5. The standard InChI is InChI=1S/C28H25N9O/c1-2-9-30-22(5-1)20-8-10-31-27-24(20)33-28(34-27)26-25-23(35-36-26)7-6-21(32-25)18-15-19(17-29-16-18)38-14-13-37-11-3-4-12-37/h1-2,5-10,15-17H,3-4,11-14H2,(H,35,36)(H,31,33,34). The van der Waals surface area contributed by atoms with Gasteiger partial charge in [-0.15, -0.1) is 0 Å². The zero-order valence-electron chi connectivity index (χ0n) is 20.6. The highest BCUT2D eigenvalue weighted by molar-refractivity contribution is 5.94.